The van der Waals surface area contributed by atoms with E-state index in [0.29, 0.717) is 11.4 Å². The fourth-order valence-electron chi connectivity index (χ4n) is 1.35. The van der Waals surface area contributed by atoms with Crippen LogP contribution in [-0.4, -0.2) is 30.5 Å². The summed E-state index contributed by atoms with van der Waals surface area (Å²) in [6.45, 7) is 4.17. The summed E-state index contributed by atoms with van der Waals surface area (Å²) in [6, 6.07) is 0. The molecule has 4 heteroatoms. The minimum Gasteiger partial charge on any atom is -0.381 e. The van der Waals surface area contributed by atoms with E-state index in [1.165, 1.54) is 0 Å². The lowest BCUT2D eigenvalue weighted by Gasteiger charge is -2.21. The third-order valence-electron chi connectivity index (χ3n) is 2.15. The molecule has 3 nitrogen and oxygen atoms in total. The van der Waals surface area contributed by atoms with Gasteiger partial charge in [-0.25, -0.2) is 0 Å². The third kappa shape index (κ3) is 4.09. The minimum atomic E-state index is 0.167. The molecule has 1 rings (SSSR count). The first-order valence-corrected chi connectivity index (χ1v) is 5.61. The Bertz CT molecular complexity index is 167. The van der Waals surface area contributed by atoms with Crippen LogP contribution < -0.4 is 5.32 Å². The molecule has 1 amide bonds. The first-order chi connectivity index (χ1) is 6.20. The molecule has 0 aliphatic carbocycles. The van der Waals surface area contributed by atoms with Gasteiger partial charge in [0.2, 0.25) is 5.91 Å². The van der Waals surface area contributed by atoms with Crippen LogP contribution in [0.3, 0.4) is 0 Å². The summed E-state index contributed by atoms with van der Waals surface area (Å²) in [5, 5.41) is 2.91. The molecule has 0 aromatic rings. The van der Waals surface area contributed by atoms with Crippen LogP contribution in [0.25, 0.3) is 0 Å². The van der Waals surface area contributed by atoms with Gasteiger partial charge in [-0.2, -0.15) is 0 Å². The van der Waals surface area contributed by atoms with Gasteiger partial charge in [-0.3, -0.25) is 4.79 Å². The number of carbonyl (C=O) groups excluding carboxylic acids is 1. The van der Waals surface area contributed by atoms with Gasteiger partial charge in [-0.05, 0) is 12.8 Å². The number of hydrogen-bond acceptors (Lipinski definition) is 2. The van der Waals surface area contributed by atoms with E-state index in [2.05, 4.69) is 21.2 Å². The first-order valence-electron chi connectivity index (χ1n) is 4.69. The summed E-state index contributed by atoms with van der Waals surface area (Å²) < 4.78 is 5.19. The molecule has 1 saturated heterocycles. The van der Waals surface area contributed by atoms with Crippen LogP contribution in [0, 0.1) is 5.92 Å². The van der Waals surface area contributed by atoms with E-state index in [9.17, 15) is 4.79 Å². The van der Waals surface area contributed by atoms with Crippen LogP contribution in [0.4, 0.5) is 0 Å². The Labute approximate surface area is 87.3 Å². The summed E-state index contributed by atoms with van der Waals surface area (Å²) in [7, 11) is 0. The molecule has 0 radical (unpaired) electrons. The van der Waals surface area contributed by atoms with E-state index < -0.39 is 0 Å². The van der Waals surface area contributed by atoms with E-state index >= 15 is 0 Å². The number of carbonyl (C=O) groups is 1. The van der Waals surface area contributed by atoms with Crippen molar-refractivity contribution in [2.24, 2.45) is 5.92 Å². The highest BCUT2D eigenvalue weighted by molar-refractivity contribution is 9.09. The highest BCUT2D eigenvalue weighted by atomic mass is 79.9. The second kappa shape index (κ2) is 5.60. The summed E-state index contributed by atoms with van der Waals surface area (Å²) in [4.78, 5) is 11.9. The smallest absolute Gasteiger partial charge is 0.223 e. The first kappa shape index (κ1) is 11.0. The Morgan fingerprint density at radius 1 is 1.62 bits per heavy atom. The molecule has 1 heterocycles. The molecule has 1 N–H and O–H groups in total. The normalized spacial score (nSPS) is 21.1. The maximum atomic E-state index is 11.5. The molecule has 0 bridgehead atoms. The fourth-order valence-corrected chi connectivity index (χ4v) is 1.51. The van der Waals surface area contributed by atoms with Gasteiger partial charge >= 0.3 is 0 Å². The van der Waals surface area contributed by atoms with Crippen LogP contribution >= 0.6 is 15.9 Å². The minimum absolute atomic E-state index is 0.167. The van der Waals surface area contributed by atoms with E-state index in [0.717, 1.165) is 26.1 Å². The van der Waals surface area contributed by atoms with E-state index in [-0.39, 0.29) is 11.8 Å². The molecule has 1 fully saturated rings. The van der Waals surface area contributed by atoms with Gasteiger partial charge in [0.05, 0.1) is 0 Å². The van der Waals surface area contributed by atoms with Gasteiger partial charge in [0.15, 0.2) is 0 Å². The maximum Gasteiger partial charge on any atom is 0.223 e. The predicted octanol–water partition coefficient (Wildman–Crippen LogP) is 1.31. The zero-order valence-electron chi connectivity index (χ0n) is 7.88. The summed E-state index contributed by atoms with van der Waals surface area (Å²) in [5.74, 6) is 0.342. The van der Waals surface area contributed by atoms with Crippen molar-refractivity contribution in [2.45, 2.75) is 24.6 Å². The van der Waals surface area contributed by atoms with Gasteiger partial charge in [0.25, 0.3) is 0 Å². The topological polar surface area (TPSA) is 38.3 Å². The van der Waals surface area contributed by atoms with Crippen molar-refractivity contribution in [3.05, 3.63) is 0 Å². The fraction of sp³-hybridized carbons (Fsp3) is 0.889. The number of ether oxygens (including phenoxy) is 1. The van der Waals surface area contributed by atoms with Gasteiger partial charge < -0.3 is 10.1 Å². The maximum absolute atomic E-state index is 11.5. The number of hydrogen-bond donors (Lipinski definition) is 1. The van der Waals surface area contributed by atoms with Gasteiger partial charge in [0.1, 0.15) is 0 Å². The van der Waals surface area contributed by atoms with E-state index in [1.54, 1.807) is 0 Å². The lowest BCUT2D eigenvalue weighted by Crippen LogP contribution is -2.36. The van der Waals surface area contributed by atoms with Crippen LogP contribution in [0.5, 0.6) is 0 Å². The molecule has 0 spiro atoms. The van der Waals surface area contributed by atoms with Gasteiger partial charge in [-0.1, -0.05) is 22.9 Å². The van der Waals surface area contributed by atoms with Crippen molar-refractivity contribution in [1.82, 2.24) is 5.32 Å². The molecule has 1 aliphatic rings. The lowest BCUT2D eigenvalue weighted by molar-refractivity contribution is -0.127. The lowest BCUT2D eigenvalue weighted by atomic mass is 9.99. The molecule has 1 atom stereocenters. The highest BCUT2D eigenvalue weighted by Crippen LogP contribution is 2.14. The van der Waals surface area contributed by atoms with Crippen LogP contribution in [0.2, 0.25) is 0 Å². The van der Waals surface area contributed by atoms with Crippen molar-refractivity contribution in [1.29, 1.82) is 0 Å². The molecule has 0 aromatic carbocycles. The molecule has 1 aliphatic heterocycles. The van der Waals surface area contributed by atoms with Crippen molar-refractivity contribution in [3.63, 3.8) is 0 Å². The van der Waals surface area contributed by atoms with Crippen LogP contribution in [0.1, 0.15) is 19.8 Å². The Balaban J connectivity index is 2.21. The predicted molar refractivity (Wildman–Crippen MR) is 54.9 cm³/mol. The largest absolute Gasteiger partial charge is 0.381 e. The van der Waals surface area contributed by atoms with Gasteiger partial charge in [0, 0.05) is 30.5 Å². The Morgan fingerprint density at radius 2 is 2.23 bits per heavy atom. The Hall–Kier alpha value is -0.0900. The second-order valence-electron chi connectivity index (χ2n) is 3.41. The van der Waals surface area contributed by atoms with Crippen molar-refractivity contribution < 1.29 is 9.53 Å². The monoisotopic (exact) mass is 249 g/mol. The third-order valence-corrected chi connectivity index (χ3v) is 2.47. The van der Waals surface area contributed by atoms with Crippen LogP contribution in [-0.2, 0) is 9.53 Å². The van der Waals surface area contributed by atoms with E-state index in [1.807, 2.05) is 6.92 Å². The highest BCUT2D eigenvalue weighted by Gasteiger charge is 2.21. The van der Waals surface area contributed by atoms with Gasteiger partial charge in [-0.15, -0.1) is 0 Å². The second-order valence-corrected chi connectivity index (χ2v) is 4.98. The molecule has 1 unspecified atom stereocenters. The molecule has 76 valence electrons. The average Bonchev–Trinajstić information content (AvgIpc) is 2.15. The Kier molecular flexibility index (Phi) is 4.73. The number of nitrogens with one attached hydrogen (secondary N) is 1. The molecular formula is C9H16BrNO2. The number of amides is 1. The van der Waals surface area contributed by atoms with Crippen molar-refractivity contribution in [2.75, 3.05) is 19.8 Å². The van der Waals surface area contributed by atoms with Crippen molar-refractivity contribution in [3.8, 4) is 0 Å². The molecule has 13 heavy (non-hydrogen) atoms. The molecule has 0 saturated carbocycles. The van der Waals surface area contributed by atoms with E-state index in [4.69, 9.17) is 4.74 Å². The molecular weight excluding hydrogens is 234 g/mol. The number of halogens is 1. The number of rotatable bonds is 3. The Morgan fingerprint density at radius 3 is 2.77 bits per heavy atom. The van der Waals surface area contributed by atoms with Crippen LogP contribution in [0.15, 0.2) is 0 Å². The quantitative estimate of drug-likeness (QED) is 0.767. The summed E-state index contributed by atoms with van der Waals surface area (Å²) >= 11 is 3.39. The average molecular weight is 250 g/mol. The summed E-state index contributed by atoms with van der Waals surface area (Å²) in [6.07, 6.45) is 1.73. The standard InChI is InChI=1S/C9H16BrNO2/c1-7(10)6-11-9(12)8-2-4-13-5-3-8/h7-8H,2-6H2,1H3,(H,11,12). The summed E-state index contributed by atoms with van der Waals surface area (Å²) in [5.41, 5.74) is 0. The zero-order valence-corrected chi connectivity index (χ0v) is 9.47. The number of alkyl halides is 1. The van der Waals surface area contributed by atoms with Crippen molar-refractivity contribution >= 4 is 21.8 Å². The SMILES string of the molecule is CC(Br)CNC(=O)C1CCOCC1. The molecule has 0 aromatic heterocycles. The zero-order chi connectivity index (χ0) is 9.68.